The molecular formula is C16H23NO3. The van der Waals surface area contributed by atoms with Crippen LogP contribution in [0.3, 0.4) is 0 Å². The van der Waals surface area contributed by atoms with Gasteiger partial charge in [0.05, 0.1) is 5.41 Å². The number of nitrogens with one attached hydrogen (secondary N) is 1. The Morgan fingerprint density at radius 1 is 1.15 bits per heavy atom. The van der Waals surface area contributed by atoms with E-state index in [0.29, 0.717) is 19.4 Å². The third kappa shape index (κ3) is 4.08. The van der Waals surface area contributed by atoms with Gasteiger partial charge >= 0.3 is 5.97 Å². The molecule has 110 valence electrons. The van der Waals surface area contributed by atoms with Crippen LogP contribution in [0.2, 0.25) is 0 Å². The first kappa shape index (κ1) is 16.2. The molecule has 0 bridgehead atoms. The van der Waals surface area contributed by atoms with Crippen LogP contribution < -0.4 is 5.32 Å². The predicted octanol–water partition coefficient (Wildman–Crippen LogP) is 2.89. The predicted molar refractivity (Wildman–Crippen MR) is 78.3 cm³/mol. The number of hydrogen-bond donors (Lipinski definition) is 2. The van der Waals surface area contributed by atoms with Gasteiger partial charge in [-0.15, -0.1) is 0 Å². The Balaban J connectivity index is 2.58. The van der Waals surface area contributed by atoms with Crippen LogP contribution in [-0.2, 0) is 16.1 Å². The molecule has 0 radical (unpaired) electrons. The molecule has 0 aromatic heterocycles. The van der Waals surface area contributed by atoms with Crippen molar-refractivity contribution in [1.29, 1.82) is 0 Å². The van der Waals surface area contributed by atoms with Crippen molar-refractivity contribution in [2.75, 3.05) is 0 Å². The van der Waals surface area contributed by atoms with E-state index in [1.165, 1.54) is 5.56 Å². The van der Waals surface area contributed by atoms with Gasteiger partial charge in [0.1, 0.15) is 0 Å². The number of benzene rings is 1. The van der Waals surface area contributed by atoms with Crippen LogP contribution in [0.5, 0.6) is 0 Å². The molecule has 20 heavy (non-hydrogen) atoms. The number of carboxylic acid groups (broad SMARTS) is 1. The highest BCUT2D eigenvalue weighted by Crippen LogP contribution is 2.30. The second-order valence-electron chi connectivity index (χ2n) is 5.23. The van der Waals surface area contributed by atoms with Crippen molar-refractivity contribution < 1.29 is 14.7 Å². The summed E-state index contributed by atoms with van der Waals surface area (Å²) in [6, 6.07) is 7.89. The minimum atomic E-state index is -0.947. The lowest BCUT2D eigenvalue weighted by atomic mass is 9.79. The summed E-state index contributed by atoms with van der Waals surface area (Å²) in [5, 5.41) is 12.1. The zero-order chi connectivity index (χ0) is 15.2. The van der Waals surface area contributed by atoms with Gasteiger partial charge in [0, 0.05) is 13.0 Å². The summed E-state index contributed by atoms with van der Waals surface area (Å²) < 4.78 is 0. The number of carboxylic acids is 1. The van der Waals surface area contributed by atoms with Crippen molar-refractivity contribution >= 4 is 11.9 Å². The van der Waals surface area contributed by atoms with Crippen molar-refractivity contribution in [1.82, 2.24) is 5.32 Å². The van der Waals surface area contributed by atoms with Crippen molar-refractivity contribution in [3.63, 3.8) is 0 Å². The third-order valence-electron chi connectivity index (χ3n) is 3.92. The lowest BCUT2D eigenvalue weighted by Crippen LogP contribution is -2.36. The van der Waals surface area contributed by atoms with Crippen molar-refractivity contribution in [2.24, 2.45) is 5.41 Å². The average Bonchev–Trinajstić information content (AvgIpc) is 2.44. The Kier molecular flexibility index (Phi) is 5.74. The number of hydrogen-bond acceptors (Lipinski definition) is 2. The Bertz CT molecular complexity index is 461. The smallest absolute Gasteiger partial charge is 0.310 e. The summed E-state index contributed by atoms with van der Waals surface area (Å²) >= 11 is 0. The Labute approximate surface area is 120 Å². The summed E-state index contributed by atoms with van der Waals surface area (Å²) in [7, 11) is 0. The van der Waals surface area contributed by atoms with Gasteiger partial charge in [-0.2, -0.15) is 0 Å². The summed E-state index contributed by atoms with van der Waals surface area (Å²) in [4.78, 5) is 23.3. The number of carbonyl (C=O) groups is 2. The number of amides is 1. The SMILES string of the molecule is CCC(CC)(CC(=O)NCc1ccc(C)cc1)C(=O)O. The Morgan fingerprint density at radius 3 is 2.15 bits per heavy atom. The van der Waals surface area contributed by atoms with Gasteiger partial charge in [0.2, 0.25) is 5.91 Å². The second-order valence-corrected chi connectivity index (χ2v) is 5.23. The van der Waals surface area contributed by atoms with Crippen LogP contribution >= 0.6 is 0 Å². The average molecular weight is 277 g/mol. The van der Waals surface area contributed by atoms with Gasteiger partial charge in [-0.05, 0) is 25.3 Å². The maximum atomic E-state index is 11.9. The Morgan fingerprint density at radius 2 is 1.70 bits per heavy atom. The van der Waals surface area contributed by atoms with Gasteiger partial charge in [0.25, 0.3) is 0 Å². The number of aryl methyl sites for hydroxylation is 1. The molecule has 0 saturated heterocycles. The van der Waals surface area contributed by atoms with E-state index in [1.807, 2.05) is 45.0 Å². The van der Waals surface area contributed by atoms with Gasteiger partial charge in [0.15, 0.2) is 0 Å². The van der Waals surface area contributed by atoms with Crippen LogP contribution in [0.4, 0.5) is 0 Å². The molecule has 1 aromatic carbocycles. The molecule has 4 heteroatoms. The van der Waals surface area contributed by atoms with E-state index in [1.54, 1.807) is 0 Å². The quantitative estimate of drug-likeness (QED) is 0.805. The lowest BCUT2D eigenvalue weighted by molar-refractivity contribution is -0.152. The molecular weight excluding hydrogens is 254 g/mol. The lowest BCUT2D eigenvalue weighted by Gasteiger charge is -2.25. The molecule has 4 nitrogen and oxygen atoms in total. The molecule has 0 fully saturated rings. The fourth-order valence-corrected chi connectivity index (χ4v) is 2.15. The number of aliphatic carboxylic acids is 1. The molecule has 1 amide bonds. The normalized spacial score (nSPS) is 11.2. The molecule has 0 spiro atoms. The largest absolute Gasteiger partial charge is 0.481 e. The zero-order valence-electron chi connectivity index (χ0n) is 12.4. The van der Waals surface area contributed by atoms with Crippen molar-refractivity contribution in [3.8, 4) is 0 Å². The summed E-state index contributed by atoms with van der Waals surface area (Å²) in [5.41, 5.74) is 1.23. The van der Waals surface area contributed by atoms with Gasteiger partial charge < -0.3 is 10.4 Å². The first-order valence-electron chi connectivity index (χ1n) is 6.99. The fourth-order valence-electron chi connectivity index (χ4n) is 2.15. The first-order valence-corrected chi connectivity index (χ1v) is 6.99. The molecule has 2 N–H and O–H groups in total. The van der Waals surface area contributed by atoms with Gasteiger partial charge in [-0.1, -0.05) is 43.7 Å². The van der Waals surface area contributed by atoms with Crippen LogP contribution in [0.1, 0.15) is 44.2 Å². The first-order chi connectivity index (χ1) is 9.43. The molecule has 0 unspecified atom stereocenters. The van der Waals surface area contributed by atoms with E-state index in [4.69, 9.17) is 0 Å². The third-order valence-corrected chi connectivity index (χ3v) is 3.92. The van der Waals surface area contributed by atoms with E-state index in [0.717, 1.165) is 5.56 Å². The molecule has 0 aliphatic rings. The topological polar surface area (TPSA) is 66.4 Å². The molecule has 0 atom stereocenters. The number of carbonyl (C=O) groups excluding carboxylic acids is 1. The minimum absolute atomic E-state index is 0.0290. The van der Waals surface area contributed by atoms with Crippen LogP contribution in [0.25, 0.3) is 0 Å². The molecule has 0 heterocycles. The van der Waals surface area contributed by atoms with E-state index < -0.39 is 11.4 Å². The van der Waals surface area contributed by atoms with Crippen molar-refractivity contribution in [2.45, 2.75) is 46.6 Å². The molecule has 1 aromatic rings. The second kappa shape index (κ2) is 7.08. The van der Waals surface area contributed by atoms with Crippen molar-refractivity contribution in [3.05, 3.63) is 35.4 Å². The van der Waals surface area contributed by atoms with E-state index in [-0.39, 0.29) is 12.3 Å². The maximum absolute atomic E-state index is 11.9. The van der Waals surface area contributed by atoms with E-state index in [9.17, 15) is 14.7 Å². The van der Waals surface area contributed by atoms with E-state index >= 15 is 0 Å². The summed E-state index contributed by atoms with van der Waals surface area (Å²) in [5.74, 6) is -1.11. The Hall–Kier alpha value is -1.84. The summed E-state index contributed by atoms with van der Waals surface area (Å²) in [6.07, 6.45) is 0.939. The highest BCUT2D eigenvalue weighted by atomic mass is 16.4. The minimum Gasteiger partial charge on any atom is -0.481 e. The maximum Gasteiger partial charge on any atom is 0.310 e. The standard InChI is InChI=1S/C16H23NO3/c1-4-16(5-2,15(19)20)10-14(18)17-11-13-8-6-12(3)7-9-13/h6-9H,4-5,10-11H2,1-3H3,(H,17,18)(H,19,20). The monoisotopic (exact) mass is 277 g/mol. The van der Waals surface area contributed by atoms with Crippen LogP contribution in [0.15, 0.2) is 24.3 Å². The van der Waals surface area contributed by atoms with Crippen LogP contribution in [-0.4, -0.2) is 17.0 Å². The van der Waals surface area contributed by atoms with Crippen LogP contribution in [0, 0.1) is 12.3 Å². The molecule has 1 rings (SSSR count). The van der Waals surface area contributed by atoms with Gasteiger partial charge in [-0.25, -0.2) is 0 Å². The highest BCUT2D eigenvalue weighted by molar-refractivity contribution is 5.84. The molecule has 0 saturated carbocycles. The molecule has 0 aliphatic heterocycles. The summed E-state index contributed by atoms with van der Waals surface area (Å²) in [6.45, 7) is 6.06. The molecule has 0 aliphatic carbocycles. The fraction of sp³-hybridized carbons (Fsp3) is 0.500. The number of rotatable bonds is 7. The van der Waals surface area contributed by atoms with Gasteiger partial charge in [-0.3, -0.25) is 9.59 Å². The highest BCUT2D eigenvalue weighted by Gasteiger charge is 2.36. The van der Waals surface area contributed by atoms with E-state index in [2.05, 4.69) is 5.32 Å². The zero-order valence-corrected chi connectivity index (χ0v) is 12.4.